The molecule has 1 heterocycles. The van der Waals surface area contributed by atoms with E-state index >= 15 is 0 Å². The third kappa shape index (κ3) is 5.42. The molecular formula is C25H27ClN4O3. The van der Waals surface area contributed by atoms with Gasteiger partial charge in [0, 0.05) is 29.6 Å². The number of rotatable bonds is 6. The number of aromatic nitrogens is 2. The number of nitrogens with zero attached hydrogens (tertiary/aromatic N) is 2. The highest BCUT2D eigenvalue weighted by Crippen LogP contribution is 2.30. The maximum atomic E-state index is 12.9. The summed E-state index contributed by atoms with van der Waals surface area (Å²) < 4.78 is 1.50. The maximum absolute atomic E-state index is 12.9. The van der Waals surface area contributed by atoms with Crippen LogP contribution in [0.2, 0.25) is 5.02 Å². The van der Waals surface area contributed by atoms with Gasteiger partial charge in [0.1, 0.15) is 0 Å². The zero-order chi connectivity index (χ0) is 23.8. The summed E-state index contributed by atoms with van der Waals surface area (Å²) in [6.07, 6.45) is 3.93. The molecule has 7 nitrogen and oxygen atoms in total. The van der Waals surface area contributed by atoms with Crippen LogP contribution in [0.5, 0.6) is 0 Å². The molecule has 1 fully saturated rings. The molecule has 8 heteroatoms. The molecule has 0 radical (unpaired) electrons. The van der Waals surface area contributed by atoms with Crippen LogP contribution in [0, 0.1) is 11.3 Å². The van der Waals surface area contributed by atoms with Gasteiger partial charge < -0.3 is 10.6 Å². The summed E-state index contributed by atoms with van der Waals surface area (Å²) in [4.78, 5) is 37.9. The fourth-order valence-electron chi connectivity index (χ4n) is 3.43. The fourth-order valence-corrected chi connectivity index (χ4v) is 3.64. The Morgan fingerprint density at radius 1 is 1.15 bits per heavy atom. The maximum Gasteiger partial charge on any atom is 0.274 e. The number of fused-ring (bicyclic) bond motifs is 1. The molecule has 1 aromatic heterocycles. The Balaban J connectivity index is 1.53. The van der Waals surface area contributed by atoms with Crippen molar-refractivity contribution in [1.82, 2.24) is 15.1 Å². The molecular weight excluding hydrogens is 440 g/mol. The lowest BCUT2D eigenvalue weighted by molar-refractivity contribution is -0.128. The van der Waals surface area contributed by atoms with Crippen LogP contribution in [0.25, 0.3) is 10.8 Å². The number of nitrogens with one attached hydrogen (secondary N) is 2. The second-order valence-electron chi connectivity index (χ2n) is 9.58. The first-order valence-electron chi connectivity index (χ1n) is 11.0. The number of anilines is 1. The van der Waals surface area contributed by atoms with E-state index < -0.39 is 11.3 Å². The van der Waals surface area contributed by atoms with Crippen LogP contribution in [-0.4, -0.2) is 21.6 Å². The summed E-state index contributed by atoms with van der Waals surface area (Å²) in [5, 5.41) is 11.5. The molecule has 1 saturated carbocycles. The van der Waals surface area contributed by atoms with Gasteiger partial charge >= 0.3 is 0 Å². The quantitative estimate of drug-likeness (QED) is 0.564. The SMILES string of the molecule is CC(C)(C)C(=O)NCc1ccc(Cl)c(C(=O)Nc2ccc3cnn(CC4CC4)c(=O)c3c2)c1. The second-order valence-corrected chi connectivity index (χ2v) is 9.99. The van der Waals surface area contributed by atoms with Crippen LogP contribution in [0.1, 0.15) is 49.5 Å². The first-order chi connectivity index (χ1) is 15.6. The first kappa shape index (κ1) is 23.0. The van der Waals surface area contributed by atoms with Gasteiger partial charge in [0.15, 0.2) is 0 Å². The van der Waals surface area contributed by atoms with Gasteiger partial charge in [0.05, 0.1) is 22.2 Å². The van der Waals surface area contributed by atoms with Gasteiger partial charge in [-0.3, -0.25) is 14.4 Å². The lowest BCUT2D eigenvalue weighted by atomic mass is 9.95. The summed E-state index contributed by atoms with van der Waals surface area (Å²) in [6, 6.07) is 10.2. The smallest absolute Gasteiger partial charge is 0.274 e. The van der Waals surface area contributed by atoms with Crippen molar-refractivity contribution in [2.45, 2.75) is 46.7 Å². The van der Waals surface area contributed by atoms with E-state index in [0.717, 1.165) is 23.8 Å². The van der Waals surface area contributed by atoms with Crippen molar-refractivity contribution >= 4 is 39.9 Å². The number of hydrogen-bond acceptors (Lipinski definition) is 4. The second kappa shape index (κ2) is 8.98. The van der Waals surface area contributed by atoms with Crippen LogP contribution in [0.15, 0.2) is 47.4 Å². The van der Waals surface area contributed by atoms with Crippen molar-refractivity contribution in [1.29, 1.82) is 0 Å². The zero-order valence-electron chi connectivity index (χ0n) is 18.9. The van der Waals surface area contributed by atoms with Crippen LogP contribution in [0.3, 0.4) is 0 Å². The fraction of sp³-hybridized carbons (Fsp3) is 0.360. The minimum absolute atomic E-state index is 0.0820. The molecule has 3 aromatic rings. The molecule has 0 atom stereocenters. The molecule has 1 aliphatic rings. The van der Waals surface area contributed by atoms with E-state index in [1.165, 1.54) is 4.68 Å². The highest BCUT2D eigenvalue weighted by Gasteiger charge is 2.23. The molecule has 2 aromatic carbocycles. The monoisotopic (exact) mass is 466 g/mol. The predicted molar refractivity (Wildman–Crippen MR) is 129 cm³/mol. The molecule has 0 saturated heterocycles. The first-order valence-corrected chi connectivity index (χ1v) is 11.4. The Bertz CT molecular complexity index is 1290. The third-order valence-electron chi connectivity index (χ3n) is 5.65. The molecule has 33 heavy (non-hydrogen) atoms. The molecule has 0 aliphatic heterocycles. The summed E-state index contributed by atoms with van der Waals surface area (Å²) in [5.41, 5.74) is 0.881. The molecule has 0 spiro atoms. The van der Waals surface area contributed by atoms with E-state index in [1.807, 2.05) is 20.8 Å². The molecule has 2 amide bonds. The van der Waals surface area contributed by atoms with Crippen molar-refractivity contribution in [3.05, 3.63) is 69.1 Å². The molecule has 4 rings (SSSR count). The highest BCUT2D eigenvalue weighted by molar-refractivity contribution is 6.34. The lowest BCUT2D eigenvalue weighted by Crippen LogP contribution is -2.34. The minimum atomic E-state index is -0.505. The Morgan fingerprint density at radius 2 is 1.91 bits per heavy atom. The Labute approximate surface area is 197 Å². The van der Waals surface area contributed by atoms with Crippen molar-refractivity contribution in [3.8, 4) is 0 Å². The highest BCUT2D eigenvalue weighted by atomic mass is 35.5. The van der Waals surface area contributed by atoms with Crippen LogP contribution < -0.4 is 16.2 Å². The van der Waals surface area contributed by atoms with Gasteiger partial charge in [0.25, 0.3) is 11.5 Å². The van der Waals surface area contributed by atoms with Gasteiger partial charge in [-0.05, 0) is 48.6 Å². The van der Waals surface area contributed by atoms with Gasteiger partial charge in [0.2, 0.25) is 5.91 Å². The van der Waals surface area contributed by atoms with Gasteiger partial charge in [-0.2, -0.15) is 5.10 Å². The average molecular weight is 467 g/mol. The van der Waals surface area contributed by atoms with Crippen molar-refractivity contribution < 1.29 is 9.59 Å². The number of carbonyl (C=O) groups excluding carboxylic acids is 2. The van der Waals surface area contributed by atoms with Crippen molar-refractivity contribution in [2.24, 2.45) is 11.3 Å². The molecule has 0 bridgehead atoms. The summed E-state index contributed by atoms with van der Waals surface area (Å²) in [6.45, 7) is 6.42. The number of carbonyl (C=O) groups is 2. The number of amides is 2. The van der Waals surface area contributed by atoms with E-state index in [0.29, 0.717) is 34.1 Å². The predicted octanol–water partition coefficient (Wildman–Crippen LogP) is 4.37. The molecule has 2 N–H and O–H groups in total. The van der Waals surface area contributed by atoms with Crippen molar-refractivity contribution in [2.75, 3.05) is 5.32 Å². The lowest BCUT2D eigenvalue weighted by Gasteiger charge is -2.18. The van der Waals surface area contributed by atoms with Gasteiger partial charge in [-0.25, -0.2) is 4.68 Å². The van der Waals surface area contributed by atoms with Gasteiger partial charge in [-0.15, -0.1) is 0 Å². The molecule has 172 valence electrons. The zero-order valence-corrected chi connectivity index (χ0v) is 19.7. The van der Waals surface area contributed by atoms with E-state index in [4.69, 9.17) is 11.6 Å². The van der Waals surface area contributed by atoms with Gasteiger partial charge in [-0.1, -0.05) is 44.5 Å². The standard InChI is InChI=1S/C25H27ClN4O3/c1-25(2,3)24(33)27-12-16-6-9-21(26)20(10-16)22(31)29-18-8-7-17-13-28-30(14-15-4-5-15)23(32)19(17)11-18/h6-11,13,15H,4-5,12,14H2,1-3H3,(H,27,33)(H,29,31). The van der Waals surface area contributed by atoms with E-state index in [9.17, 15) is 14.4 Å². The summed E-state index contributed by atoms with van der Waals surface area (Å²) in [7, 11) is 0. The van der Waals surface area contributed by atoms with E-state index in [-0.39, 0.29) is 18.0 Å². The van der Waals surface area contributed by atoms with Crippen molar-refractivity contribution in [3.63, 3.8) is 0 Å². The number of hydrogen-bond donors (Lipinski definition) is 2. The number of benzene rings is 2. The van der Waals surface area contributed by atoms with Crippen LogP contribution >= 0.6 is 11.6 Å². The Hall–Kier alpha value is -3.19. The number of halogens is 1. The minimum Gasteiger partial charge on any atom is -0.352 e. The summed E-state index contributed by atoms with van der Waals surface area (Å²) >= 11 is 6.28. The molecule has 1 aliphatic carbocycles. The molecule has 0 unspecified atom stereocenters. The van der Waals surface area contributed by atoms with E-state index in [1.54, 1.807) is 42.6 Å². The van der Waals surface area contributed by atoms with Crippen LogP contribution in [-0.2, 0) is 17.9 Å². The Morgan fingerprint density at radius 3 is 2.61 bits per heavy atom. The van der Waals surface area contributed by atoms with Crippen LogP contribution in [0.4, 0.5) is 5.69 Å². The van der Waals surface area contributed by atoms with E-state index in [2.05, 4.69) is 15.7 Å². The normalized spacial score (nSPS) is 13.7. The average Bonchev–Trinajstić information content (AvgIpc) is 3.58. The largest absolute Gasteiger partial charge is 0.352 e. The topological polar surface area (TPSA) is 93.1 Å². The third-order valence-corrected chi connectivity index (χ3v) is 5.98. The summed E-state index contributed by atoms with van der Waals surface area (Å²) in [5.74, 6) is 0.0512. The Kier molecular flexibility index (Phi) is 6.26.